The number of hydrogen-bond donors (Lipinski definition) is 1. The van der Waals surface area contributed by atoms with Gasteiger partial charge in [0, 0.05) is 17.5 Å². The second-order valence-corrected chi connectivity index (χ2v) is 4.84. The molecule has 0 aliphatic carbocycles. The number of aromatic nitrogens is 1. The maximum Gasteiger partial charge on any atom is 0.328 e. The zero-order valence-corrected chi connectivity index (χ0v) is 11.8. The van der Waals surface area contributed by atoms with Crippen molar-refractivity contribution in [1.29, 1.82) is 0 Å². The Morgan fingerprint density at radius 2 is 2.05 bits per heavy atom. The summed E-state index contributed by atoms with van der Waals surface area (Å²) in [4.78, 5) is 10.6. The normalized spacial score (nSPS) is 11.2. The first-order chi connectivity index (χ1) is 9.40. The maximum absolute atomic E-state index is 13.1. The third kappa shape index (κ3) is 2.75. The molecule has 0 atom stereocenters. The van der Waals surface area contributed by atoms with Crippen LogP contribution in [0.15, 0.2) is 30.3 Å². The van der Waals surface area contributed by atoms with Gasteiger partial charge in [0.15, 0.2) is 0 Å². The Bertz CT molecular complexity index is 704. The minimum absolute atomic E-state index is 0.306. The Balaban J connectivity index is 2.55. The molecule has 1 aromatic carbocycles. The fourth-order valence-corrected chi connectivity index (χ4v) is 2.40. The number of aryl methyl sites for hydroxylation is 1. The molecule has 0 aliphatic rings. The molecule has 0 bridgehead atoms. The summed E-state index contributed by atoms with van der Waals surface area (Å²) < 4.78 is 15.0. The van der Waals surface area contributed by atoms with Crippen LogP contribution in [0.4, 0.5) is 4.39 Å². The van der Waals surface area contributed by atoms with Crippen LogP contribution in [0.3, 0.4) is 0 Å². The lowest BCUT2D eigenvalue weighted by atomic mass is 10.2. The van der Waals surface area contributed by atoms with Crippen molar-refractivity contribution in [3.8, 4) is 5.69 Å². The van der Waals surface area contributed by atoms with Crippen molar-refractivity contribution in [2.45, 2.75) is 13.8 Å². The molecule has 1 heterocycles. The Morgan fingerprint density at radius 3 is 2.65 bits per heavy atom. The van der Waals surface area contributed by atoms with Crippen LogP contribution in [0.2, 0.25) is 5.02 Å². The van der Waals surface area contributed by atoms with Gasteiger partial charge in [-0.2, -0.15) is 0 Å². The summed E-state index contributed by atoms with van der Waals surface area (Å²) in [7, 11) is 0. The van der Waals surface area contributed by atoms with Crippen LogP contribution in [0, 0.1) is 19.7 Å². The van der Waals surface area contributed by atoms with Crippen LogP contribution in [-0.4, -0.2) is 15.6 Å². The molecule has 0 fully saturated rings. The van der Waals surface area contributed by atoms with Crippen molar-refractivity contribution < 1.29 is 14.3 Å². The first-order valence-electron chi connectivity index (χ1n) is 5.95. The molecule has 0 aliphatic heterocycles. The third-order valence-corrected chi connectivity index (χ3v) is 3.33. The smallest absolute Gasteiger partial charge is 0.328 e. The summed E-state index contributed by atoms with van der Waals surface area (Å²) in [6, 6.07) is 6.05. The molecule has 3 nitrogen and oxygen atoms in total. The van der Waals surface area contributed by atoms with Gasteiger partial charge in [0.2, 0.25) is 0 Å². The van der Waals surface area contributed by atoms with E-state index in [1.54, 1.807) is 6.07 Å². The van der Waals surface area contributed by atoms with Crippen LogP contribution >= 0.6 is 11.6 Å². The fourth-order valence-electron chi connectivity index (χ4n) is 2.15. The highest BCUT2D eigenvalue weighted by Gasteiger charge is 2.12. The third-order valence-electron chi connectivity index (χ3n) is 3.03. The van der Waals surface area contributed by atoms with Crippen LogP contribution in [0.1, 0.15) is 17.0 Å². The van der Waals surface area contributed by atoms with Gasteiger partial charge in [0.1, 0.15) is 5.82 Å². The summed E-state index contributed by atoms with van der Waals surface area (Å²) in [6.45, 7) is 3.74. The zero-order chi connectivity index (χ0) is 14.9. The molecule has 0 spiro atoms. The molecule has 0 saturated carbocycles. The van der Waals surface area contributed by atoms with Gasteiger partial charge in [-0.15, -0.1) is 0 Å². The molecule has 104 valence electrons. The van der Waals surface area contributed by atoms with Gasteiger partial charge in [0.05, 0.1) is 10.7 Å². The van der Waals surface area contributed by atoms with E-state index in [1.807, 2.05) is 24.5 Å². The number of hydrogen-bond acceptors (Lipinski definition) is 1. The lowest BCUT2D eigenvalue weighted by molar-refractivity contribution is -0.131. The first-order valence-corrected chi connectivity index (χ1v) is 6.33. The number of carboxylic acids is 1. The molecule has 1 aromatic heterocycles. The number of nitrogens with zero attached hydrogens (tertiary/aromatic N) is 1. The molecule has 20 heavy (non-hydrogen) atoms. The van der Waals surface area contributed by atoms with Gasteiger partial charge >= 0.3 is 5.97 Å². The number of halogens is 2. The maximum atomic E-state index is 13.1. The predicted molar refractivity (Wildman–Crippen MR) is 76.9 cm³/mol. The number of carboxylic acid groups (broad SMARTS) is 1. The minimum atomic E-state index is -1.00. The highest BCUT2D eigenvalue weighted by atomic mass is 35.5. The minimum Gasteiger partial charge on any atom is -0.478 e. The molecular weight excluding hydrogens is 281 g/mol. The molecule has 1 N–H and O–H groups in total. The van der Waals surface area contributed by atoms with Crippen LogP contribution in [-0.2, 0) is 4.79 Å². The van der Waals surface area contributed by atoms with E-state index in [-0.39, 0.29) is 0 Å². The molecule has 0 saturated heterocycles. The molecule has 5 heteroatoms. The fraction of sp³-hybridized carbons (Fsp3) is 0.133. The van der Waals surface area contributed by atoms with E-state index in [1.165, 1.54) is 18.2 Å². The Labute approximate surface area is 120 Å². The topological polar surface area (TPSA) is 42.2 Å². The Morgan fingerprint density at radius 1 is 1.35 bits per heavy atom. The Hall–Kier alpha value is -2.07. The summed E-state index contributed by atoms with van der Waals surface area (Å²) in [6.07, 6.45) is 2.61. The second kappa shape index (κ2) is 5.51. The monoisotopic (exact) mass is 293 g/mol. The first kappa shape index (κ1) is 14.3. The van der Waals surface area contributed by atoms with E-state index >= 15 is 0 Å². The molecular formula is C15H13ClFNO2. The number of benzene rings is 1. The molecule has 0 radical (unpaired) electrons. The van der Waals surface area contributed by atoms with Gasteiger partial charge in [-0.05, 0) is 49.8 Å². The summed E-state index contributed by atoms with van der Waals surface area (Å²) in [5, 5.41) is 8.98. The average molecular weight is 294 g/mol. The molecule has 0 unspecified atom stereocenters. The van der Waals surface area contributed by atoms with E-state index in [2.05, 4.69) is 0 Å². The van der Waals surface area contributed by atoms with Crippen LogP contribution in [0.25, 0.3) is 11.8 Å². The average Bonchev–Trinajstić information content (AvgIpc) is 2.63. The van der Waals surface area contributed by atoms with Crippen molar-refractivity contribution in [3.63, 3.8) is 0 Å². The highest BCUT2D eigenvalue weighted by Crippen LogP contribution is 2.27. The largest absolute Gasteiger partial charge is 0.478 e. The van der Waals surface area contributed by atoms with E-state index in [9.17, 15) is 9.18 Å². The lowest BCUT2D eigenvalue weighted by Crippen LogP contribution is -2.00. The van der Waals surface area contributed by atoms with E-state index in [0.29, 0.717) is 10.7 Å². The summed E-state index contributed by atoms with van der Waals surface area (Å²) in [5.41, 5.74) is 3.18. The van der Waals surface area contributed by atoms with E-state index < -0.39 is 11.8 Å². The Kier molecular flexibility index (Phi) is 3.95. The van der Waals surface area contributed by atoms with Crippen LogP contribution in [0.5, 0.6) is 0 Å². The van der Waals surface area contributed by atoms with Crippen molar-refractivity contribution in [2.75, 3.05) is 0 Å². The van der Waals surface area contributed by atoms with Gasteiger partial charge in [0.25, 0.3) is 0 Å². The highest BCUT2D eigenvalue weighted by molar-refractivity contribution is 6.32. The van der Waals surface area contributed by atoms with Crippen molar-refractivity contribution in [2.24, 2.45) is 0 Å². The second-order valence-electron chi connectivity index (χ2n) is 4.43. The van der Waals surface area contributed by atoms with Crippen molar-refractivity contribution >= 4 is 23.6 Å². The quantitative estimate of drug-likeness (QED) is 0.870. The number of rotatable bonds is 3. The number of aliphatic carboxylic acids is 1. The van der Waals surface area contributed by atoms with E-state index in [0.717, 1.165) is 23.0 Å². The molecule has 2 rings (SSSR count). The lowest BCUT2D eigenvalue weighted by Gasteiger charge is -2.11. The number of carbonyl (C=O) groups is 1. The zero-order valence-electron chi connectivity index (χ0n) is 11.0. The van der Waals surface area contributed by atoms with Crippen LogP contribution < -0.4 is 0 Å². The summed E-state index contributed by atoms with van der Waals surface area (Å²) >= 11 is 6.07. The SMILES string of the molecule is Cc1cc(C=CC(=O)O)c(C)n1-c1ccc(F)cc1Cl. The standard InChI is InChI=1S/C15H13ClFNO2/c1-9-7-11(3-6-15(19)20)10(2)18(9)14-5-4-12(17)8-13(14)16/h3-8H,1-2H3,(H,19,20). The molecule has 2 aromatic rings. The van der Waals surface area contributed by atoms with E-state index in [4.69, 9.17) is 16.7 Å². The van der Waals surface area contributed by atoms with Gasteiger partial charge in [-0.3, -0.25) is 0 Å². The van der Waals surface area contributed by atoms with Gasteiger partial charge < -0.3 is 9.67 Å². The summed E-state index contributed by atoms with van der Waals surface area (Å²) in [5.74, 6) is -1.40. The van der Waals surface area contributed by atoms with Crippen molar-refractivity contribution in [1.82, 2.24) is 4.57 Å². The molecule has 0 amide bonds. The van der Waals surface area contributed by atoms with Gasteiger partial charge in [-0.25, -0.2) is 9.18 Å². The van der Waals surface area contributed by atoms with Crippen molar-refractivity contribution in [3.05, 3.63) is 58.1 Å². The predicted octanol–water partition coefficient (Wildman–Crippen LogP) is 3.98. The van der Waals surface area contributed by atoms with Gasteiger partial charge in [-0.1, -0.05) is 11.6 Å².